The van der Waals surface area contributed by atoms with E-state index >= 15 is 0 Å². The molecule has 0 saturated heterocycles. The quantitative estimate of drug-likeness (QED) is 0.744. The average molecular weight is 229 g/mol. The second-order valence-corrected chi connectivity index (χ2v) is 3.41. The highest BCUT2D eigenvalue weighted by Gasteiger charge is 2.15. The molecule has 0 heterocycles. The number of esters is 1. The predicted octanol–water partition coefficient (Wildman–Crippen LogP) is 2.67. The molecule has 0 aliphatic carbocycles. The summed E-state index contributed by atoms with van der Waals surface area (Å²) in [6.07, 6.45) is -0.622. The number of halogens is 1. The molecular formula is C11H13ClO3. The van der Waals surface area contributed by atoms with Gasteiger partial charge in [0.25, 0.3) is 0 Å². The van der Waals surface area contributed by atoms with Crippen LogP contribution in [-0.2, 0) is 9.53 Å². The fourth-order valence-electron chi connectivity index (χ4n) is 1.05. The molecule has 1 aromatic rings. The molecule has 15 heavy (non-hydrogen) atoms. The Labute approximate surface area is 93.9 Å². The van der Waals surface area contributed by atoms with Gasteiger partial charge in [-0.15, -0.1) is 0 Å². The zero-order valence-corrected chi connectivity index (χ0v) is 9.45. The minimum Gasteiger partial charge on any atom is -0.479 e. The fraction of sp³-hybridized carbons (Fsp3) is 0.364. The Morgan fingerprint density at radius 1 is 1.53 bits per heavy atom. The molecule has 82 valence electrons. The second-order valence-electron chi connectivity index (χ2n) is 2.97. The van der Waals surface area contributed by atoms with E-state index in [1.807, 2.05) is 0 Å². The number of benzene rings is 1. The van der Waals surface area contributed by atoms with Crippen molar-refractivity contribution in [3.05, 3.63) is 29.3 Å². The molecule has 0 bridgehead atoms. The SMILES string of the molecule is CCOC(=O)C(C)Oc1cccc(Cl)c1. The highest BCUT2D eigenvalue weighted by molar-refractivity contribution is 6.30. The van der Waals surface area contributed by atoms with Crippen LogP contribution in [0.1, 0.15) is 13.8 Å². The molecule has 0 saturated carbocycles. The summed E-state index contributed by atoms with van der Waals surface area (Å²) in [7, 11) is 0. The Kier molecular flexibility index (Phi) is 4.43. The molecule has 1 atom stereocenters. The van der Waals surface area contributed by atoms with Crippen LogP contribution in [0.25, 0.3) is 0 Å². The molecule has 1 aromatic carbocycles. The molecule has 0 amide bonds. The predicted molar refractivity (Wildman–Crippen MR) is 58.2 cm³/mol. The number of hydrogen-bond donors (Lipinski definition) is 0. The van der Waals surface area contributed by atoms with Gasteiger partial charge in [0.15, 0.2) is 6.10 Å². The highest BCUT2D eigenvalue weighted by atomic mass is 35.5. The van der Waals surface area contributed by atoms with Gasteiger partial charge in [0, 0.05) is 5.02 Å². The number of carbonyl (C=O) groups excluding carboxylic acids is 1. The van der Waals surface area contributed by atoms with Gasteiger partial charge in [-0.25, -0.2) is 4.79 Å². The van der Waals surface area contributed by atoms with Crippen molar-refractivity contribution in [2.75, 3.05) is 6.61 Å². The molecule has 1 rings (SSSR count). The van der Waals surface area contributed by atoms with Crippen molar-refractivity contribution in [1.82, 2.24) is 0 Å². The van der Waals surface area contributed by atoms with Crippen LogP contribution < -0.4 is 4.74 Å². The highest BCUT2D eigenvalue weighted by Crippen LogP contribution is 2.18. The van der Waals surface area contributed by atoms with E-state index in [2.05, 4.69) is 0 Å². The Morgan fingerprint density at radius 2 is 2.27 bits per heavy atom. The van der Waals surface area contributed by atoms with E-state index in [4.69, 9.17) is 21.1 Å². The summed E-state index contributed by atoms with van der Waals surface area (Å²) in [6, 6.07) is 6.89. The van der Waals surface area contributed by atoms with E-state index in [9.17, 15) is 4.79 Å². The van der Waals surface area contributed by atoms with Gasteiger partial charge in [-0.2, -0.15) is 0 Å². The molecule has 4 heteroatoms. The Hall–Kier alpha value is -1.22. The zero-order valence-electron chi connectivity index (χ0n) is 8.70. The van der Waals surface area contributed by atoms with Gasteiger partial charge in [-0.1, -0.05) is 17.7 Å². The van der Waals surface area contributed by atoms with Gasteiger partial charge in [0.05, 0.1) is 6.61 Å². The van der Waals surface area contributed by atoms with Gasteiger partial charge in [-0.05, 0) is 32.0 Å². The van der Waals surface area contributed by atoms with Crippen molar-refractivity contribution in [3.63, 3.8) is 0 Å². The largest absolute Gasteiger partial charge is 0.479 e. The minimum atomic E-state index is -0.622. The molecule has 3 nitrogen and oxygen atoms in total. The normalized spacial score (nSPS) is 11.9. The van der Waals surface area contributed by atoms with Gasteiger partial charge in [0.1, 0.15) is 5.75 Å². The lowest BCUT2D eigenvalue weighted by atomic mass is 10.3. The summed E-state index contributed by atoms with van der Waals surface area (Å²) >= 11 is 5.77. The maximum absolute atomic E-state index is 11.3. The molecule has 0 aliphatic rings. The molecule has 0 aliphatic heterocycles. The Morgan fingerprint density at radius 3 is 2.87 bits per heavy atom. The lowest BCUT2D eigenvalue weighted by molar-refractivity contribution is -0.150. The molecule has 0 aromatic heterocycles. The second kappa shape index (κ2) is 5.61. The summed E-state index contributed by atoms with van der Waals surface area (Å²) in [5, 5.41) is 0.573. The maximum Gasteiger partial charge on any atom is 0.347 e. The minimum absolute atomic E-state index is 0.349. The number of ether oxygens (including phenoxy) is 2. The average Bonchev–Trinajstić information content (AvgIpc) is 2.18. The first kappa shape index (κ1) is 11.9. The van der Waals surface area contributed by atoms with Crippen molar-refractivity contribution in [3.8, 4) is 5.75 Å². The maximum atomic E-state index is 11.3. The first-order valence-electron chi connectivity index (χ1n) is 4.72. The lowest BCUT2D eigenvalue weighted by Gasteiger charge is -2.13. The summed E-state index contributed by atoms with van der Waals surface area (Å²) in [6.45, 7) is 3.74. The van der Waals surface area contributed by atoms with Crippen LogP contribution in [-0.4, -0.2) is 18.7 Å². The first-order valence-corrected chi connectivity index (χ1v) is 5.10. The van der Waals surface area contributed by atoms with E-state index in [0.29, 0.717) is 17.4 Å². The zero-order chi connectivity index (χ0) is 11.3. The third kappa shape index (κ3) is 3.80. The van der Waals surface area contributed by atoms with Gasteiger partial charge in [-0.3, -0.25) is 0 Å². The summed E-state index contributed by atoms with van der Waals surface area (Å²) in [5.74, 6) is 0.181. The number of rotatable bonds is 4. The van der Waals surface area contributed by atoms with E-state index in [-0.39, 0.29) is 5.97 Å². The van der Waals surface area contributed by atoms with Crippen LogP contribution in [0, 0.1) is 0 Å². The first-order chi connectivity index (χ1) is 7.13. The third-order valence-electron chi connectivity index (χ3n) is 1.73. The van der Waals surface area contributed by atoms with Crippen LogP contribution in [0.2, 0.25) is 5.02 Å². The lowest BCUT2D eigenvalue weighted by Crippen LogP contribution is -2.25. The van der Waals surface area contributed by atoms with Crippen LogP contribution in [0.3, 0.4) is 0 Å². The molecule has 0 radical (unpaired) electrons. The van der Waals surface area contributed by atoms with Gasteiger partial charge < -0.3 is 9.47 Å². The van der Waals surface area contributed by atoms with Crippen LogP contribution >= 0.6 is 11.6 Å². The monoisotopic (exact) mass is 228 g/mol. The molecule has 0 fully saturated rings. The fourth-order valence-corrected chi connectivity index (χ4v) is 1.23. The topological polar surface area (TPSA) is 35.5 Å². The molecule has 1 unspecified atom stereocenters. The van der Waals surface area contributed by atoms with E-state index in [1.165, 1.54) is 0 Å². The Balaban J connectivity index is 2.58. The molecule has 0 spiro atoms. The van der Waals surface area contributed by atoms with Gasteiger partial charge in [0.2, 0.25) is 0 Å². The van der Waals surface area contributed by atoms with Crippen LogP contribution in [0.4, 0.5) is 0 Å². The van der Waals surface area contributed by atoms with E-state index in [0.717, 1.165) is 0 Å². The van der Waals surface area contributed by atoms with Crippen molar-refractivity contribution >= 4 is 17.6 Å². The van der Waals surface area contributed by atoms with Crippen LogP contribution in [0.5, 0.6) is 5.75 Å². The van der Waals surface area contributed by atoms with Crippen molar-refractivity contribution in [2.24, 2.45) is 0 Å². The molecular weight excluding hydrogens is 216 g/mol. The molecule has 0 N–H and O–H groups in total. The van der Waals surface area contributed by atoms with E-state index in [1.54, 1.807) is 38.1 Å². The van der Waals surface area contributed by atoms with Crippen molar-refractivity contribution in [1.29, 1.82) is 0 Å². The number of hydrogen-bond acceptors (Lipinski definition) is 3. The summed E-state index contributed by atoms with van der Waals surface area (Å²) in [5.41, 5.74) is 0. The number of carbonyl (C=O) groups is 1. The van der Waals surface area contributed by atoms with Crippen molar-refractivity contribution < 1.29 is 14.3 Å². The van der Waals surface area contributed by atoms with Gasteiger partial charge >= 0.3 is 5.97 Å². The van der Waals surface area contributed by atoms with Crippen molar-refractivity contribution in [2.45, 2.75) is 20.0 Å². The Bertz CT molecular complexity index is 338. The van der Waals surface area contributed by atoms with E-state index < -0.39 is 6.10 Å². The smallest absolute Gasteiger partial charge is 0.347 e. The standard InChI is InChI=1S/C11H13ClO3/c1-3-14-11(13)8(2)15-10-6-4-5-9(12)7-10/h4-8H,3H2,1-2H3. The summed E-state index contributed by atoms with van der Waals surface area (Å²) < 4.78 is 10.2. The third-order valence-corrected chi connectivity index (χ3v) is 1.96. The summed E-state index contributed by atoms with van der Waals surface area (Å²) in [4.78, 5) is 11.3. The van der Waals surface area contributed by atoms with Crippen LogP contribution in [0.15, 0.2) is 24.3 Å².